The van der Waals surface area contributed by atoms with E-state index in [1.807, 2.05) is 0 Å². The predicted octanol–water partition coefficient (Wildman–Crippen LogP) is 2.97. The maximum atomic E-state index is 13.7. The van der Waals surface area contributed by atoms with E-state index in [9.17, 15) is 14.0 Å². The molecule has 0 unspecified atom stereocenters. The highest BCUT2D eigenvalue weighted by atomic mass is 32.2. The lowest BCUT2D eigenvalue weighted by atomic mass is 10.1. The van der Waals surface area contributed by atoms with Gasteiger partial charge in [0.25, 0.3) is 5.24 Å². The first-order valence-electron chi connectivity index (χ1n) is 5.31. The summed E-state index contributed by atoms with van der Waals surface area (Å²) >= 11 is 0.997. The number of rotatable bonds is 2. The van der Waals surface area contributed by atoms with Crippen LogP contribution in [0.25, 0.3) is 11.0 Å². The summed E-state index contributed by atoms with van der Waals surface area (Å²) in [6, 6.07) is 2.50. The summed E-state index contributed by atoms with van der Waals surface area (Å²) in [6.45, 7) is 4.00. The van der Waals surface area contributed by atoms with Gasteiger partial charge in [-0.2, -0.15) is 0 Å². The Balaban J connectivity index is 2.19. The average Bonchev–Trinajstić information content (AvgIpc) is 2.92. The fourth-order valence-electron chi connectivity index (χ4n) is 1.89. The quantitative estimate of drug-likeness (QED) is 0.790. The Morgan fingerprint density at radius 2 is 2.32 bits per heavy atom. The van der Waals surface area contributed by atoms with Gasteiger partial charge in [-0.05, 0) is 23.9 Å². The third-order valence-corrected chi connectivity index (χ3v) is 3.52. The fourth-order valence-corrected chi connectivity index (χ4v) is 2.59. The molecule has 7 heteroatoms. The lowest BCUT2D eigenvalue weighted by Crippen LogP contribution is -2.22. The second-order valence-electron chi connectivity index (χ2n) is 4.00. The van der Waals surface area contributed by atoms with Crippen LogP contribution in [0, 0.1) is 5.82 Å². The van der Waals surface area contributed by atoms with Crippen LogP contribution >= 0.6 is 11.8 Å². The molecule has 0 saturated carbocycles. The number of carbonyl (C=O) groups excluding carboxylic acids is 2. The summed E-state index contributed by atoms with van der Waals surface area (Å²) in [5.41, 5.74) is 0.0866. The predicted molar refractivity (Wildman–Crippen MR) is 68.8 cm³/mol. The summed E-state index contributed by atoms with van der Waals surface area (Å²) in [5.74, 6) is -0.481. The molecule has 19 heavy (non-hydrogen) atoms. The number of thioether (sulfide) groups is 1. The van der Waals surface area contributed by atoms with Crippen molar-refractivity contribution >= 4 is 40.1 Å². The maximum absolute atomic E-state index is 13.7. The molecule has 1 aromatic heterocycles. The third kappa shape index (κ3) is 1.82. The van der Waals surface area contributed by atoms with Gasteiger partial charge < -0.3 is 4.52 Å². The molecular weight excluding hydrogens is 271 g/mol. The zero-order chi connectivity index (χ0) is 13.6. The lowest BCUT2D eigenvalue weighted by Gasteiger charge is -2.09. The van der Waals surface area contributed by atoms with Gasteiger partial charge >= 0.3 is 0 Å². The lowest BCUT2D eigenvalue weighted by molar-refractivity contribution is 0.112. The Morgan fingerprint density at radius 1 is 1.53 bits per heavy atom. The highest BCUT2D eigenvalue weighted by Gasteiger charge is 2.30. The van der Waals surface area contributed by atoms with Gasteiger partial charge in [0.1, 0.15) is 6.29 Å². The molecule has 3 rings (SSSR count). The van der Waals surface area contributed by atoms with Crippen LogP contribution in [0.1, 0.15) is 10.4 Å². The van der Waals surface area contributed by atoms with Crippen molar-refractivity contribution in [2.24, 2.45) is 0 Å². The van der Waals surface area contributed by atoms with Crippen LogP contribution in [0.5, 0.6) is 0 Å². The first-order valence-corrected chi connectivity index (χ1v) is 6.13. The zero-order valence-corrected chi connectivity index (χ0v) is 10.4. The van der Waals surface area contributed by atoms with E-state index in [0.717, 1.165) is 17.8 Å². The Hall–Kier alpha value is -2.15. The van der Waals surface area contributed by atoms with Crippen LogP contribution in [0.2, 0.25) is 0 Å². The molecule has 1 aromatic carbocycles. The van der Waals surface area contributed by atoms with Gasteiger partial charge in [0.2, 0.25) is 5.58 Å². The summed E-state index contributed by atoms with van der Waals surface area (Å²) < 4.78 is 18.6. The van der Waals surface area contributed by atoms with Crippen molar-refractivity contribution in [2.75, 3.05) is 11.4 Å². The van der Waals surface area contributed by atoms with Crippen molar-refractivity contribution in [3.8, 4) is 0 Å². The van der Waals surface area contributed by atoms with Crippen LogP contribution in [-0.4, -0.2) is 23.2 Å². The molecule has 96 valence electrons. The molecule has 2 heterocycles. The van der Waals surface area contributed by atoms with E-state index in [-0.39, 0.29) is 28.7 Å². The highest BCUT2D eigenvalue weighted by Crippen LogP contribution is 2.36. The van der Waals surface area contributed by atoms with Gasteiger partial charge in [0.05, 0.1) is 11.9 Å². The number of benzene rings is 1. The number of amides is 1. The molecule has 0 bridgehead atoms. The Bertz CT molecular complexity index is 725. The monoisotopic (exact) mass is 278 g/mol. The van der Waals surface area contributed by atoms with E-state index in [0.29, 0.717) is 16.6 Å². The number of aldehydes is 1. The first-order chi connectivity index (χ1) is 9.10. The number of aromatic nitrogens is 1. The van der Waals surface area contributed by atoms with Crippen molar-refractivity contribution in [2.45, 2.75) is 0 Å². The molecule has 1 aliphatic heterocycles. The highest BCUT2D eigenvalue weighted by molar-refractivity contribution is 8.17. The van der Waals surface area contributed by atoms with E-state index >= 15 is 0 Å². The van der Waals surface area contributed by atoms with E-state index in [4.69, 9.17) is 4.52 Å². The molecule has 1 fully saturated rings. The van der Waals surface area contributed by atoms with Crippen LogP contribution < -0.4 is 4.90 Å². The number of nitrogens with zero attached hydrogens (tertiary/aromatic N) is 2. The fraction of sp³-hybridized carbons (Fsp3) is 0.0833. The van der Waals surface area contributed by atoms with Crippen LogP contribution in [0.3, 0.4) is 0 Å². The summed E-state index contributed by atoms with van der Waals surface area (Å²) in [5, 5.41) is 3.76. The number of hydrogen-bond donors (Lipinski definition) is 0. The molecule has 0 aliphatic carbocycles. The number of hydrogen-bond acceptors (Lipinski definition) is 5. The number of fused-ring (bicyclic) bond motifs is 1. The minimum Gasteiger partial charge on any atom is -0.351 e. The number of carbonyl (C=O) groups is 2. The molecular formula is C12H7FN2O3S. The SMILES string of the molecule is C=C1CN(c2noc3c(F)cc(C=O)cc23)C(=O)S1. The van der Waals surface area contributed by atoms with E-state index in [1.54, 1.807) is 0 Å². The Labute approximate surface area is 111 Å². The van der Waals surface area contributed by atoms with Gasteiger partial charge in [0, 0.05) is 10.5 Å². The zero-order valence-electron chi connectivity index (χ0n) is 9.55. The molecule has 2 aromatic rings. The summed E-state index contributed by atoms with van der Waals surface area (Å²) in [7, 11) is 0. The second kappa shape index (κ2) is 4.20. The number of anilines is 1. The Morgan fingerprint density at radius 3 is 2.95 bits per heavy atom. The van der Waals surface area contributed by atoms with Crippen LogP contribution in [-0.2, 0) is 0 Å². The van der Waals surface area contributed by atoms with Gasteiger partial charge in [-0.3, -0.25) is 14.5 Å². The smallest absolute Gasteiger partial charge is 0.292 e. The molecule has 0 radical (unpaired) electrons. The summed E-state index contributed by atoms with van der Waals surface area (Å²) in [6.07, 6.45) is 0.527. The molecule has 0 atom stereocenters. The van der Waals surface area contributed by atoms with Gasteiger partial charge in [-0.25, -0.2) is 4.39 Å². The van der Waals surface area contributed by atoms with E-state index in [1.165, 1.54) is 11.0 Å². The third-order valence-electron chi connectivity index (χ3n) is 2.71. The second-order valence-corrected chi connectivity index (χ2v) is 5.13. The van der Waals surface area contributed by atoms with Crippen molar-refractivity contribution < 1.29 is 18.5 Å². The van der Waals surface area contributed by atoms with Crippen LogP contribution in [0.4, 0.5) is 15.0 Å². The van der Waals surface area contributed by atoms with Crippen molar-refractivity contribution in [1.29, 1.82) is 0 Å². The molecule has 1 amide bonds. The van der Waals surface area contributed by atoms with Gasteiger partial charge in [0.15, 0.2) is 11.6 Å². The van der Waals surface area contributed by atoms with Crippen molar-refractivity contribution in [3.63, 3.8) is 0 Å². The van der Waals surface area contributed by atoms with Gasteiger partial charge in [-0.1, -0.05) is 11.7 Å². The van der Waals surface area contributed by atoms with Gasteiger partial charge in [-0.15, -0.1) is 0 Å². The topological polar surface area (TPSA) is 63.4 Å². The first kappa shape index (κ1) is 11.9. The summed E-state index contributed by atoms with van der Waals surface area (Å²) in [4.78, 5) is 24.5. The average molecular weight is 278 g/mol. The molecule has 0 N–H and O–H groups in total. The number of halogens is 1. The molecule has 1 saturated heterocycles. The normalized spacial score (nSPS) is 15.5. The minimum atomic E-state index is -0.684. The standard InChI is InChI=1S/C12H7FN2O3S/c1-6-4-15(12(17)19-6)11-8-2-7(5-16)3-9(13)10(8)18-14-11/h2-3,5H,1,4H2. The molecule has 5 nitrogen and oxygen atoms in total. The van der Waals surface area contributed by atoms with E-state index in [2.05, 4.69) is 11.7 Å². The minimum absolute atomic E-state index is 0.0732. The molecule has 0 spiro atoms. The molecule has 1 aliphatic rings. The largest absolute Gasteiger partial charge is 0.351 e. The van der Waals surface area contributed by atoms with Crippen LogP contribution in [0.15, 0.2) is 28.1 Å². The van der Waals surface area contributed by atoms with E-state index < -0.39 is 5.82 Å². The van der Waals surface area contributed by atoms with Crippen molar-refractivity contribution in [1.82, 2.24) is 5.16 Å². The Kier molecular flexibility index (Phi) is 2.63. The maximum Gasteiger partial charge on any atom is 0.292 e. The van der Waals surface area contributed by atoms with Crippen molar-refractivity contribution in [3.05, 3.63) is 35.0 Å².